The number of hydrogen-bond acceptors (Lipinski definition) is 5. The first-order chi connectivity index (χ1) is 15.0. The highest BCUT2D eigenvalue weighted by Gasteiger charge is 2.28. The van der Waals surface area contributed by atoms with Crippen molar-refractivity contribution >= 4 is 23.2 Å². The summed E-state index contributed by atoms with van der Waals surface area (Å²) in [5.74, 6) is 1.77. The summed E-state index contributed by atoms with van der Waals surface area (Å²) in [5.41, 5.74) is 9.28. The van der Waals surface area contributed by atoms with Crippen molar-refractivity contribution in [3.05, 3.63) is 41.2 Å². The average molecular weight is 424 g/mol. The van der Waals surface area contributed by atoms with Gasteiger partial charge in [0.15, 0.2) is 11.6 Å². The van der Waals surface area contributed by atoms with E-state index in [0.29, 0.717) is 18.1 Å². The van der Waals surface area contributed by atoms with Crippen LogP contribution in [0.3, 0.4) is 0 Å². The zero-order valence-corrected chi connectivity index (χ0v) is 18.9. The Morgan fingerprint density at radius 2 is 1.94 bits per heavy atom. The normalized spacial score (nSPS) is 17.5. The summed E-state index contributed by atoms with van der Waals surface area (Å²) in [6.45, 7) is 6.64. The Balaban J connectivity index is 1.55. The fraction of sp³-hybridized carbons (Fsp3) is 0.542. The summed E-state index contributed by atoms with van der Waals surface area (Å²) in [7, 11) is 2.35. The van der Waals surface area contributed by atoms with Gasteiger partial charge in [-0.1, -0.05) is 38.0 Å². The number of carbonyl (C=O) groups excluding carboxylic acids is 1. The van der Waals surface area contributed by atoms with Crippen LogP contribution >= 0.6 is 0 Å². The van der Waals surface area contributed by atoms with Crippen LogP contribution in [0.5, 0.6) is 0 Å². The van der Waals surface area contributed by atoms with Crippen molar-refractivity contribution in [3.63, 3.8) is 0 Å². The zero-order valence-electron chi connectivity index (χ0n) is 18.9. The summed E-state index contributed by atoms with van der Waals surface area (Å²) < 4.78 is 1.11. The van der Waals surface area contributed by atoms with Gasteiger partial charge < -0.3 is 20.4 Å². The summed E-state index contributed by atoms with van der Waals surface area (Å²) in [5, 5.41) is 2.87. The molecule has 1 aromatic carbocycles. The van der Waals surface area contributed by atoms with E-state index in [9.17, 15) is 4.79 Å². The minimum atomic E-state index is -0.0761. The molecule has 0 spiro atoms. The van der Waals surface area contributed by atoms with Crippen molar-refractivity contribution in [2.45, 2.75) is 58.5 Å². The fourth-order valence-electron chi connectivity index (χ4n) is 4.81. The van der Waals surface area contributed by atoms with Gasteiger partial charge in [-0.15, -0.1) is 0 Å². The number of nitrogens with one attached hydrogen (secondary N) is 1. The minimum absolute atomic E-state index is 0.0761. The molecular weight excluding hydrogens is 388 g/mol. The number of amides is 1. The van der Waals surface area contributed by atoms with Crippen LogP contribution in [0.25, 0.3) is 0 Å². The van der Waals surface area contributed by atoms with Crippen molar-refractivity contribution in [1.82, 2.24) is 9.97 Å². The number of quaternary nitrogens is 1. The van der Waals surface area contributed by atoms with Crippen molar-refractivity contribution in [2.75, 3.05) is 42.6 Å². The predicted molar refractivity (Wildman–Crippen MR) is 125 cm³/mol. The molecule has 1 fully saturated rings. The van der Waals surface area contributed by atoms with Gasteiger partial charge >= 0.3 is 0 Å². The lowest BCUT2D eigenvalue weighted by molar-refractivity contribution is -0.910. The van der Waals surface area contributed by atoms with E-state index in [4.69, 9.17) is 10.7 Å². The number of aryl methyl sites for hydroxylation is 1. The first-order valence-corrected chi connectivity index (χ1v) is 11.6. The maximum absolute atomic E-state index is 12.3. The number of nitrogens with two attached hydrogens (primary N) is 1. The van der Waals surface area contributed by atoms with Crippen molar-refractivity contribution in [3.8, 4) is 0 Å². The van der Waals surface area contributed by atoms with Crippen LogP contribution in [0.4, 0.5) is 17.3 Å². The van der Waals surface area contributed by atoms with Gasteiger partial charge in [-0.2, -0.15) is 0 Å². The molecule has 0 atom stereocenters. The number of likely N-dealkylation sites (tertiary alicyclic amines) is 1. The average Bonchev–Trinajstić information content (AvgIpc) is 3.15. The van der Waals surface area contributed by atoms with Gasteiger partial charge in [0.05, 0.1) is 26.7 Å². The van der Waals surface area contributed by atoms with E-state index in [1.54, 1.807) is 0 Å². The molecule has 7 nitrogen and oxygen atoms in total. The second kappa shape index (κ2) is 9.22. The number of hydrogen-bond donors (Lipinski definition) is 2. The molecule has 166 valence electrons. The first kappa shape index (κ1) is 21.6. The third-order valence-corrected chi connectivity index (χ3v) is 6.44. The highest BCUT2D eigenvalue weighted by atomic mass is 16.2. The number of nitrogen functional groups attached to an aromatic ring is 1. The van der Waals surface area contributed by atoms with Gasteiger partial charge in [-0.05, 0) is 18.1 Å². The molecule has 1 saturated heterocycles. The molecule has 0 aliphatic carbocycles. The molecule has 31 heavy (non-hydrogen) atoms. The summed E-state index contributed by atoms with van der Waals surface area (Å²) >= 11 is 0. The lowest BCUT2D eigenvalue weighted by atomic mass is 10.1. The van der Waals surface area contributed by atoms with E-state index in [2.05, 4.69) is 48.5 Å². The number of benzene rings is 1. The van der Waals surface area contributed by atoms with E-state index >= 15 is 0 Å². The summed E-state index contributed by atoms with van der Waals surface area (Å²) in [6.07, 6.45) is 6.77. The van der Waals surface area contributed by atoms with Crippen LogP contribution in [0.15, 0.2) is 24.3 Å². The van der Waals surface area contributed by atoms with Crippen molar-refractivity contribution in [2.24, 2.45) is 0 Å². The molecule has 3 N–H and O–H groups in total. The molecular formula is C24H35N6O+. The number of anilines is 3. The third kappa shape index (κ3) is 5.15. The van der Waals surface area contributed by atoms with Crippen LogP contribution in [0.1, 0.15) is 56.0 Å². The molecule has 0 radical (unpaired) electrons. The summed E-state index contributed by atoms with van der Waals surface area (Å²) in [6, 6.07) is 8.75. The minimum Gasteiger partial charge on any atom is -0.382 e. The molecule has 1 amide bonds. The van der Waals surface area contributed by atoms with Gasteiger partial charge in [0.1, 0.15) is 18.1 Å². The fourth-order valence-corrected chi connectivity index (χ4v) is 4.81. The number of unbranched alkanes of at least 4 members (excludes halogenated alkanes) is 2. The van der Waals surface area contributed by atoms with E-state index in [-0.39, 0.29) is 12.5 Å². The van der Waals surface area contributed by atoms with E-state index < -0.39 is 0 Å². The van der Waals surface area contributed by atoms with Crippen molar-refractivity contribution in [1.29, 1.82) is 0 Å². The van der Waals surface area contributed by atoms with Crippen LogP contribution in [0.2, 0.25) is 0 Å². The third-order valence-electron chi connectivity index (χ3n) is 6.44. The summed E-state index contributed by atoms with van der Waals surface area (Å²) in [4.78, 5) is 23.6. The zero-order chi connectivity index (χ0) is 21.8. The molecule has 1 aromatic heterocycles. The highest BCUT2D eigenvalue weighted by Crippen LogP contribution is 2.33. The molecule has 4 rings (SSSR count). The number of nitrogens with zero attached hydrogens (tertiary/aromatic N) is 4. The van der Waals surface area contributed by atoms with E-state index in [1.807, 2.05) is 4.90 Å². The Hall–Kier alpha value is -2.67. The Kier molecular flexibility index (Phi) is 6.41. The van der Waals surface area contributed by atoms with E-state index in [0.717, 1.165) is 48.4 Å². The quantitative estimate of drug-likeness (QED) is 0.502. The highest BCUT2D eigenvalue weighted by molar-refractivity contribution is 6.02. The van der Waals surface area contributed by atoms with Crippen molar-refractivity contribution < 1.29 is 9.28 Å². The van der Waals surface area contributed by atoms with Gasteiger partial charge in [0, 0.05) is 31.4 Å². The molecule has 7 heteroatoms. The monoisotopic (exact) mass is 423 g/mol. The first-order valence-electron chi connectivity index (χ1n) is 11.6. The van der Waals surface area contributed by atoms with E-state index in [1.165, 1.54) is 37.1 Å². The van der Waals surface area contributed by atoms with Crippen LogP contribution in [0, 0.1) is 0 Å². The van der Waals surface area contributed by atoms with Gasteiger partial charge in [0.2, 0.25) is 5.91 Å². The largest absolute Gasteiger partial charge is 0.382 e. The second-order valence-corrected chi connectivity index (χ2v) is 9.34. The lowest BCUT2D eigenvalue weighted by Gasteiger charge is -2.31. The lowest BCUT2D eigenvalue weighted by Crippen LogP contribution is -2.40. The Morgan fingerprint density at radius 1 is 1.16 bits per heavy atom. The number of rotatable bonds is 8. The Morgan fingerprint density at radius 3 is 2.71 bits per heavy atom. The Labute approximate surface area is 185 Å². The van der Waals surface area contributed by atoms with Crippen LogP contribution in [-0.4, -0.2) is 47.0 Å². The smallest absolute Gasteiger partial charge is 0.244 e. The maximum atomic E-state index is 12.3. The predicted octanol–water partition coefficient (Wildman–Crippen LogP) is 3.49. The molecule has 3 heterocycles. The number of aromatic nitrogens is 2. The van der Waals surface area contributed by atoms with Crippen LogP contribution < -0.4 is 16.0 Å². The molecule has 0 bridgehead atoms. The van der Waals surface area contributed by atoms with Crippen LogP contribution in [-0.2, 0) is 24.3 Å². The maximum Gasteiger partial charge on any atom is 0.244 e. The van der Waals surface area contributed by atoms with Gasteiger partial charge in [0.25, 0.3) is 0 Å². The molecule has 0 unspecified atom stereocenters. The number of carbonyl (C=O) groups is 1. The second-order valence-electron chi connectivity index (χ2n) is 9.34. The molecule has 0 saturated carbocycles. The number of fused-ring (bicyclic) bond motifs is 1. The van der Waals surface area contributed by atoms with Gasteiger partial charge in [-0.25, -0.2) is 9.97 Å². The standard InChI is InChI=1S/C24H34N6O/c1-3-4-5-11-20-26-23(25)22-24(27-20)29(16-21(31)28-22)15-18-9-8-10-19(14-18)17-30(2)12-6-7-13-30/h8-10,14H,3-7,11-13,15-17H2,1-2H3,(H2-,25,26,27,28,31)/p+1. The van der Waals surface area contributed by atoms with Gasteiger partial charge in [-0.3, -0.25) is 4.79 Å². The molecule has 2 aliphatic rings. The molecule has 2 aliphatic heterocycles. The molecule has 2 aromatic rings. The Bertz CT molecular complexity index is 938. The topological polar surface area (TPSA) is 84.1 Å². The SMILES string of the molecule is CCCCCc1nc(N)c2c(n1)N(Cc1cccc(C[N+]3(C)CCCC3)c1)CC(=O)N2.